The summed E-state index contributed by atoms with van der Waals surface area (Å²) in [6.45, 7) is 5.61. The fraction of sp³-hybridized carbons (Fsp3) is 0.524. The van der Waals surface area contributed by atoms with Crippen LogP contribution in [0, 0.1) is 5.41 Å². The Kier molecular flexibility index (Phi) is 4.92. The number of hydrogen-bond acceptors (Lipinski definition) is 4. The highest BCUT2D eigenvalue weighted by atomic mass is 16.5. The Labute approximate surface area is 154 Å². The van der Waals surface area contributed by atoms with Crippen LogP contribution < -0.4 is 0 Å². The molecule has 5 nitrogen and oxygen atoms in total. The Morgan fingerprint density at radius 2 is 2.31 bits per heavy atom. The molecule has 2 unspecified atom stereocenters. The van der Waals surface area contributed by atoms with Crippen molar-refractivity contribution in [3.8, 4) is 0 Å². The summed E-state index contributed by atoms with van der Waals surface area (Å²) < 4.78 is 11.8. The third-order valence-electron chi connectivity index (χ3n) is 5.71. The summed E-state index contributed by atoms with van der Waals surface area (Å²) in [7, 11) is 0. The van der Waals surface area contributed by atoms with Crippen LogP contribution in [-0.4, -0.2) is 54.8 Å². The summed E-state index contributed by atoms with van der Waals surface area (Å²) >= 11 is 0. The standard InChI is InChI=1S/C21H26N2O3/c1-2-25-15-21-9-5-11-26-19(21)8-10-23(14-21)20(24)17-12-16-6-3-4-7-18(16)22-13-17/h3-4,6-7,12-13,19H,2,5,8-11,14-15H2,1H3. The largest absolute Gasteiger partial charge is 0.381 e. The lowest BCUT2D eigenvalue weighted by atomic mass is 9.73. The number of aromatic nitrogens is 1. The Bertz CT molecular complexity index is 794. The molecule has 2 atom stereocenters. The highest BCUT2D eigenvalue weighted by Gasteiger charge is 2.47. The summed E-state index contributed by atoms with van der Waals surface area (Å²) in [6.07, 6.45) is 4.85. The molecule has 2 aliphatic heterocycles. The minimum absolute atomic E-state index is 0.0585. The molecule has 5 heteroatoms. The van der Waals surface area contributed by atoms with Crippen LogP contribution in [0.2, 0.25) is 0 Å². The van der Waals surface area contributed by atoms with Crippen LogP contribution in [0.5, 0.6) is 0 Å². The molecule has 2 aromatic rings. The van der Waals surface area contributed by atoms with Gasteiger partial charge < -0.3 is 14.4 Å². The second-order valence-electron chi connectivity index (χ2n) is 7.39. The van der Waals surface area contributed by atoms with E-state index in [1.54, 1.807) is 6.20 Å². The summed E-state index contributed by atoms with van der Waals surface area (Å²) in [5, 5.41) is 0.998. The van der Waals surface area contributed by atoms with Gasteiger partial charge in [-0.15, -0.1) is 0 Å². The Morgan fingerprint density at radius 1 is 1.42 bits per heavy atom. The van der Waals surface area contributed by atoms with Crippen LogP contribution in [0.3, 0.4) is 0 Å². The number of para-hydroxylation sites is 1. The normalized spacial score (nSPS) is 25.9. The van der Waals surface area contributed by atoms with Gasteiger partial charge in [0.2, 0.25) is 0 Å². The van der Waals surface area contributed by atoms with E-state index >= 15 is 0 Å². The van der Waals surface area contributed by atoms with Crippen molar-refractivity contribution in [2.24, 2.45) is 5.41 Å². The highest BCUT2D eigenvalue weighted by molar-refractivity contribution is 5.97. The van der Waals surface area contributed by atoms with Gasteiger partial charge in [0.05, 0.1) is 23.8 Å². The summed E-state index contributed by atoms with van der Waals surface area (Å²) in [5.74, 6) is 0.0585. The van der Waals surface area contributed by atoms with Gasteiger partial charge in [0.1, 0.15) is 0 Å². The molecule has 0 N–H and O–H groups in total. The molecule has 26 heavy (non-hydrogen) atoms. The van der Waals surface area contributed by atoms with E-state index in [9.17, 15) is 4.79 Å². The van der Waals surface area contributed by atoms with Gasteiger partial charge in [0.15, 0.2) is 0 Å². The maximum absolute atomic E-state index is 13.1. The fourth-order valence-corrected chi connectivity index (χ4v) is 4.35. The van der Waals surface area contributed by atoms with Crippen molar-refractivity contribution in [3.63, 3.8) is 0 Å². The first-order chi connectivity index (χ1) is 12.7. The lowest BCUT2D eigenvalue weighted by Crippen LogP contribution is -2.58. The molecule has 0 spiro atoms. The van der Waals surface area contributed by atoms with Gasteiger partial charge in [-0.3, -0.25) is 9.78 Å². The first-order valence-corrected chi connectivity index (χ1v) is 9.55. The molecule has 0 aliphatic carbocycles. The topological polar surface area (TPSA) is 51.7 Å². The maximum Gasteiger partial charge on any atom is 0.255 e. The van der Waals surface area contributed by atoms with E-state index < -0.39 is 0 Å². The van der Waals surface area contributed by atoms with Gasteiger partial charge in [-0.2, -0.15) is 0 Å². The molecule has 1 aromatic carbocycles. The van der Waals surface area contributed by atoms with Crippen molar-refractivity contribution < 1.29 is 14.3 Å². The van der Waals surface area contributed by atoms with Gasteiger partial charge in [0.25, 0.3) is 5.91 Å². The van der Waals surface area contributed by atoms with E-state index in [-0.39, 0.29) is 17.4 Å². The fourth-order valence-electron chi connectivity index (χ4n) is 4.35. The maximum atomic E-state index is 13.1. The average Bonchev–Trinajstić information content (AvgIpc) is 2.71. The molecule has 2 aliphatic rings. The number of fused-ring (bicyclic) bond motifs is 2. The quantitative estimate of drug-likeness (QED) is 0.845. The van der Waals surface area contributed by atoms with E-state index in [0.29, 0.717) is 25.3 Å². The summed E-state index contributed by atoms with van der Waals surface area (Å²) in [6, 6.07) is 9.84. The number of carbonyl (C=O) groups excluding carboxylic acids is 1. The molecule has 1 amide bonds. The van der Waals surface area contributed by atoms with Crippen LogP contribution in [0.15, 0.2) is 36.5 Å². The first kappa shape index (κ1) is 17.4. The number of benzene rings is 1. The lowest BCUT2D eigenvalue weighted by molar-refractivity contribution is -0.146. The molecule has 0 bridgehead atoms. The minimum Gasteiger partial charge on any atom is -0.381 e. The number of ether oxygens (including phenoxy) is 2. The number of piperidine rings is 1. The zero-order chi connectivity index (χ0) is 18.0. The third kappa shape index (κ3) is 3.21. The minimum atomic E-state index is -0.0769. The van der Waals surface area contributed by atoms with Crippen molar-refractivity contribution in [1.82, 2.24) is 9.88 Å². The second-order valence-corrected chi connectivity index (χ2v) is 7.39. The monoisotopic (exact) mass is 354 g/mol. The van der Waals surface area contributed by atoms with E-state index in [0.717, 1.165) is 43.3 Å². The molecule has 138 valence electrons. The highest BCUT2D eigenvalue weighted by Crippen LogP contribution is 2.40. The average molecular weight is 354 g/mol. The van der Waals surface area contributed by atoms with Crippen molar-refractivity contribution in [3.05, 3.63) is 42.1 Å². The number of rotatable bonds is 4. The van der Waals surface area contributed by atoms with E-state index in [1.807, 2.05) is 42.2 Å². The molecule has 2 fully saturated rings. The predicted octanol–water partition coefficient (Wildman–Crippen LogP) is 3.28. The van der Waals surface area contributed by atoms with Crippen molar-refractivity contribution in [2.75, 3.05) is 32.9 Å². The molecular weight excluding hydrogens is 328 g/mol. The number of likely N-dealkylation sites (tertiary alicyclic amines) is 1. The second kappa shape index (κ2) is 7.33. The van der Waals surface area contributed by atoms with E-state index in [2.05, 4.69) is 4.98 Å². The zero-order valence-electron chi connectivity index (χ0n) is 15.3. The number of amides is 1. The lowest BCUT2D eigenvalue weighted by Gasteiger charge is -2.50. The zero-order valence-corrected chi connectivity index (χ0v) is 15.3. The molecule has 0 radical (unpaired) electrons. The SMILES string of the molecule is CCOCC12CCCOC1CCN(C(=O)c1cnc3ccccc3c1)C2. The first-order valence-electron chi connectivity index (χ1n) is 9.55. The van der Waals surface area contributed by atoms with E-state index in [1.165, 1.54) is 0 Å². The Balaban J connectivity index is 1.57. The third-order valence-corrected chi connectivity index (χ3v) is 5.71. The van der Waals surface area contributed by atoms with Gasteiger partial charge in [-0.1, -0.05) is 18.2 Å². The van der Waals surface area contributed by atoms with Crippen molar-refractivity contribution in [2.45, 2.75) is 32.3 Å². The molecular formula is C21H26N2O3. The Hall–Kier alpha value is -1.98. The summed E-state index contributed by atoms with van der Waals surface area (Å²) in [4.78, 5) is 19.6. The van der Waals surface area contributed by atoms with Crippen LogP contribution in [0.25, 0.3) is 10.9 Å². The van der Waals surface area contributed by atoms with Gasteiger partial charge in [0, 0.05) is 43.3 Å². The number of pyridine rings is 1. The summed E-state index contributed by atoms with van der Waals surface area (Å²) in [5.41, 5.74) is 1.49. The van der Waals surface area contributed by atoms with Crippen molar-refractivity contribution >= 4 is 16.8 Å². The molecule has 0 saturated carbocycles. The van der Waals surface area contributed by atoms with Crippen LogP contribution >= 0.6 is 0 Å². The van der Waals surface area contributed by atoms with Crippen LogP contribution in [-0.2, 0) is 9.47 Å². The smallest absolute Gasteiger partial charge is 0.255 e. The number of hydrogen-bond donors (Lipinski definition) is 0. The molecule has 1 aromatic heterocycles. The number of carbonyl (C=O) groups is 1. The van der Waals surface area contributed by atoms with E-state index in [4.69, 9.17) is 9.47 Å². The molecule has 2 saturated heterocycles. The van der Waals surface area contributed by atoms with Crippen LogP contribution in [0.4, 0.5) is 0 Å². The predicted molar refractivity (Wildman–Crippen MR) is 100 cm³/mol. The molecule has 4 rings (SSSR count). The Morgan fingerprint density at radius 3 is 3.19 bits per heavy atom. The van der Waals surface area contributed by atoms with Crippen LogP contribution in [0.1, 0.15) is 36.5 Å². The number of nitrogens with zero attached hydrogens (tertiary/aromatic N) is 2. The van der Waals surface area contributed by atoms with Gasteiger partial charge >= 0.3 is 0 Å². The van der Waals surface area contributed by atoms with Gasteiger partial charge in [-0.05, 0) is 38.3 Å². The molecule has 3 heterocycles. The van der Waals surface area contributed by atoms with Crippen molar-refractivity contribution in [1.29, 1.82) is 0 Å². The van der Waals surface area contributed by atoms with Gasteiger partial charge in [-0.25, -0.2) is 0 Å².